The Kier molecular flexibility index (Phi) is 6.83. The highest BCUT2D eigenvalue weighted by Gasteiger charge is 2.21. The Bertz CT molecular complexity index is 452. The molecule has 6 heteroatoms. The van der Waals surface area contributed by atoms with Crippen molar-refractivity contribution < 1.29 is 14.6 Å². The van der Waals surface area contributed by atoms with E-state index in [9.17, 15) is 9.90 Å². The fourth-order valence-corrected chi connectivity index (χ4v) is 3.17. The lowest BCUT2D eigenvalue weighted by molar-refractivity contribution is -0.136. The fraction of sp³-hybridized carbons (Fsp3) is 0.462. The van der Waals surface area contributed by atoms with Crippen LogP contribution in [0.3, 0.4) is 0 Å². The van der Waals surface area contributed by atoms with E-state index in [4.69, 9.17) is 27.9 Å². The van der Waals surface area contributed by atoms with Crippen LogP contribution < -0.4 is 4.74 Å². The number of methoxy groups -OCH3 is 1. The molecule has 0 fully saturated rings. The summed E-state index contributed by atoms with van der Waals surface area (Å²) in [5.74, 6) is -0.349. The SMILES string of the molecule is CCCCC(Sc1ccc(OC)c(Cl)c1Cl)C(=O)O. The van der Waals surface area contributed by atoms with Crippen molar-refractivity contribution in [3.05, 3.63) is 22.2 Å². The third-order valence-electron chi connectivity index (χ3n) is 2.60. The average molecular weight is 323 g/mol. The molecule has 0 spiro atoms. The predicted molar refractivity (Wildman–Crippen MR) is 79.8 cm³/mol. The van der Waals surface area contributed by atoms with Gasteiger partial charge in [-0.25, -0.2) is 0 Å². The molecule has 0 aromatic heterocycles. The molecule has 106 valence electrons. The minimum absolute atomic E-state index is 0.314. The zero-order valence-corrected chi connectivity index (χ0v) is 13.1. The summed E-state index contributed by atoms with van der Waals surface area (Å²) in [4.78, 5) is 11.9. The molecule has 1 unspecified atom stereocenters. The first-order valence-corrected chi connectivity index (χ1v) is 7.56. The number of carboxylic acids is 1. The normalized spacial score (nSPS) is 12.2. The van der Waals surface area contributed by atoms with Crippen LogP contribution >= 0.6 is 35.0 Å². The van der Waals surface area contributed by atoms with Crippen LogP contribution in [0.5, 0.6) is 5.75 Å². The van der Waals surface area contributed by atoms with Gasteiger partial charge in [0.25, 0.3) is 0 Å². The van der Waals surface area contributed by atoms with E-state index in [2.05, 4.69) is 0 Å². The molecule has 1 aromatic carbocycles. The number of hydrogen-bond donors (Lipinski definition) is 1. The zero-order valence-electron chi connectivity index (χ0n) is 10.8. The molecule has 1 atom stereocenters. The van der Waals surface area contributed by atoms with Crippen molar-refractivity contribution in [3.8, 4) is 5.75 Å². The van der Waals surface area contributed by atoms with E-state index in [-0.39, 0.29) is 0 Å². The number of carbonyl (C=O) groups is 1. The van der Waals surface area contributed by atoms with Gasteiger partial charge in [-0.2, -0.15) is 0 Å². The molecule has 0 aliphatic carbocycles. The molecule has 0 aliphatic heterocycles. The monoisotopic (exact) mass is 322 g/mol. The van der Waals surface area contributed by atoms with Crippen molar-refractivity contribution in [2.24, 2.45) is 0 Å². The van der Waals surface area contributed by atoms with Crippen LogP contribution in [0.1, 0.15) is 26.2 Å². The topological polar surface area (TPSA) is 46.5 Å². The van der Waals surface area contributed by atoms with Crippen LogP contribution in [0.4, 0.5) is 0 Å². The summed E-state index contributed by atoms with van der Waals surface area (Å²) in [6.45, 7) is 2.03. The number of benzene rings is 1. The molecular formula is C13H16Cl2O3S. The van der Waals surface area contributed by atoms with Crippen LogP contribution in [0, 0.1) is 0 Å². The van der Waals surface area contributed by atoms with Crippen LogP contribution in [-0.2, 0) is 4.79 Å². The number of ether oxygens (including phenoxy) is 1. The summed E-state index contributed by atoms with van der Waals surface area (Å²) in [7, 11) is 1.51. The summed E-state index contributed by atoms with van der Waals surface area (Å²) in [6, 6.07) is 3.43. The smallest absolute Gasteiger partial charge is 0.316 e. The van der Waals surface area contributed by atoms with Gasteiger partial charge in [-0.05, 0) is 18.6 Å². The summed E-state index contributed by atoms with van der Waals surface area (Å²) >= 11 is 13.4. The van der Waals surface area contributed by atoms with Crippen LogP contribution in [0.2, 0.25) is 10.0 Å². The van der Waals surface area contributed by atoms with Crippen molar-refractivity contribution in [1.82, 2.24) is 0 Å². The molecular weight excluding hydrogens is 307 g/mol. The summed E-state index contributed by atoms with van der Waals surface area (Å²) in [5, 5.41) is 9.34. The number of aliphatic carboxylic acids is 1. The average Bonchev–Trinajstić information content (AvgIpc) is 2.39. The fourth-order valence-electron chi connectivity index (χ4n) is 1.54. The largest absolute Gasteiger partial charge is 0.495 e. The molecule has 0 bridgehead atoms. The van der Waals surface area contributed by atoms with Gasteiger partial charge in [-0.3, -0.25) is 4.79 Å². The Morgan fingerprint density at radius 2 is 2.11 bits per heavy atom. The quantitative estimate of drug-likeness (QED) is 0.736. The number of rotatable bonds is 7. The number of hydrogen-bond acceptors (Lipinski definition) is 3. The summed E-state index contributed by atoms with van der Waals surface area (Å²) in [6.07, 6.45) is 2.43. The van der Waals surface area contributed by atoms with Gasteiger partial charge in [0.05, 0.1) is 12.1 Å². The maximum absolute atomic E-state index is 11.2. The van der Waals surface area contributed by atoms with Crippen molar-refractivity contribution in [3.63, 3.8) is 0 Å². The molecule has 19 heavy (non-hydrogen) atoms. The Hall–Kier alpha value is -0.580. The van der Waals surface area contributed by atoms with Crippen LogP contribution in [0.15, 0.2) is 17.0 Å². The number of thioether (sulfide) groups is 1. The highest BCUT2D eigenvalue weighted by Crippen LogP contribution is 2.41. The number of carboxylic acid groups (broad SMARTS) is 1. The summed E-state index contributed by atoms with van der Waals surface area (Å²) in [5.41, 5.74) is 0. The van der Waals surface area contributed by atoms with E-state index in [0.29, 0.717) is 27.1 Å². The Labute approximate surface area is 127 Å². The Balaban J connectivity index is 2.90. The molecule has 1 aromatic rings. The van der Waals surface area contributed by atoms with E-state index in [0.717, 1.165) is 12.8 Å². The highest BCUT2D eigenvalue weighted by molar-refractivity contribution is 8.00. The maximum Gasteiger partial charge on any atom is 0.316 e. The molecule has 0 radical (unpaired) electrons. The van der Waals surface area contributed by atoms with Gasteiger partial charge < -0.3 is 9.84 Å². The Morgan fingerprint density at radius 3 is 2.63 bits per heavy atom. The van der Waals surface area contributed by atoms with E-state index < -0.39 is 11.2 Å². The van der Waals surface area contributed by atoms with Crippen LogP contribution in [0.25, 0.3) is 0 Å². The molecule has 0 aliphatic rings. The molecule has 0 saturated heterocycles. The van der Waals surface area contributed by atoms with E-state index in [1.54, 1.807) is 12.1 Å². The zero-order chi connectivity index (χ0) is 14.4. The van der Waals surface area contributed by atoms with Gasteiger partial charge in [0.2, 0.25) is 0 Å². The standard InChI is InChI=1S/C13H16Cl2O3S/c1-3-4-5-10(13(16)17)19-9-7-6-8(18-2)11(14)12(9)15/h6-7,10H,3-5H2,1-2H3,(H,16,17). The van der Waals surface area contributed by atoms with Crippen molar-refractivity contribution in [1.29, 1.82) is 0 Å². The number of unbranched alkanes of at least 4 members (excludes halogenated alkanes) is 1. The Morgan fingerprint density at radius 1 is 1.42 bits per heavy atom. The molecule has 1 N–H and O–H groups in total. The lowest BCUT2D eigenvalue weighted by atomic mass is 10.2. The third-order valence-corrected chi connectivity index (χ3v) is 4.89. The molecule has 0 saturated carbocycles. The molecule has 0 heterocycles. The van der Waals surface area contributed by atoms with Crippen molar-refractivity contribution >= 4 is 40.9 Å². The lowest BCUT2D eigenvalue weighted by Gasteiger charge is -2.14. The lowest BCUT2D eigenvalue weighted by Crippen LogP contribution is -2.16. The number of halogens is 2. The van der Waals surface area contributed by atoms with E-state index in [1.165, 1.54) is 18.9 Å². The minimum Gasteiger partial charge on any atom is -0.495 e. The van der Waals surface area contributed by atoms with Crippen molar-refractivity contribution in [2.75, 3.05) is 7.11 Å². The van der Waals surface area contributed by atoms with Gasteiger partial charge in [0.15, 0.2) is 0 Å². The van der Waals surface area contributed by atoms with Crippen molar-refractivity contribution in [2.45, 2.75) is 36.3 Å². The molecule has 0 amide bonds. The first-order chi connectivity index (χ1) is 9.01. The predicted octanol–water partition coefficient (Wildman–Crippen LogP) is 4.74. The molecule has 1 rings (SSSR count). The first kappa shape index (κ1) is 16.5. The second-order valence-corrected chi connectivity index (χ2v) is 5.98. The third kappa shape index (κ3) is 4.48. The van der Waals surface area contributed by atoms with Gasteiger partial charge in [-0.1, -0.05) is 43.0 Å². The highest BCUT2D eigenvalue weighted by atomic mass is 35.5. The van der Waals surface area contributed by atoms with Gasteiger partial charge >= 0.3 is 5.97 Å². The molecule has 3 nitrogen and oxygen atoms in total. The van der Waals surface area contributed by atoms with E-state index >= 15 is 0 Å². The van der Waals surface area contributed by atoms with Gasteiger partial charge in [-0.15, -0.1) is 11.8 Å². The minimum atomic E-state index is -0.832. The van der Waals surface area contributed by atoms with Gasteiger partial charge in [0, 0.05) is 4.90 Å². The first-order valence-electron chi connectivity index (χ1n) is 5.92. The van der Waals surface area contributed by atoms with Gasteiger partial charge in [0.1, 0.15) is 16.0 Å². The van der Waals surface area contributed by atoms with Crippen LogP contribution in [-0.4, -0.2) is 23.4 Å². The second kappa shape index (κ2) is 7.88. The second-order valence-electron chi connectivity index (χ2n) is 3.98. The maximum atomic E-state index is 11.2. The summed E-state index contributed by atoms with van der Waals surface area (Å²) < 4.78 is 5.06. The van der Waals surface area contributed by atoms with E-state index in [1.807, 2.05) is 6.92 Å².